The van der Waals surface area contributed by atoms with Crippen molar-refractivity contribution >= 4 is 33.2 Å². The Balaban J connectivity index is 1.99. The monoisotopic (exact) mass is 346 g/mol. The Morgan fingerprint density at radius 2 is 2.14 bits per heavy atom. The summed E-state index contributed by atoms with van der Waals surface area (Å²) in [6.07, 6.45) is 1.89. The average molecular weight is 346 g/mol. The van der Waals surface area contributed by atoms with Gasteiger partial charge in [-0.2, -0.15) is 4.72 Å². The van der Waals surface area contributed by atoms with Crippen molar-refractivity contribution in [2.24, 2.45) is 0 Å². The molecule has 9 heteroatoms. The fourth-order valence-corrected chi connectivity index (χ4v) is 4.58. The summed E-state index contributed by atoms with van der Waals surface area (Å²) in [4.78, 5) is 23.0. The summed E-state index contributed by atoms with van der Waals surface area (Å²) < 4.78 is 26.6. The van der Waals surface area contributed by atoms with Gasteiger partial charge in [0.05, 0.1) is 18.0 Å². The van der Waals surface area contributed by atoms with Crippen LogP contribution in [0.3, 0.4) is 0 Å². The molecule has 0 spiro atoms. The second kappa shape index (κ2) is 6.35. The van der Waals surface area contributed by atoms with Crippen molar-refractivity contribution in [2.45, 2.75) is 48.4 Å². The molecule has 2 rings (SSSR count). The summed E-state index contributed by atoms with van der Waals surface area (Å²) in [5.41, 5.74) is -0.744. The summed E-state index contributed by atoms with van der Waals surface area (Å²) in [6, 6.07) is 2.09. The maximum Gasteiger partial charge on any atom is 0.305 e. The third-order valence-corrected chi connectivity index (χ3v) is 6.61. The Morgan fingerprint density at radius 3 is 2.59 bits per heavy atom. The van der Waals surface area contributed by atoms with Crippen molar-refractivity contribution in [3.05, 3.63) is 17.5 Å². The van der Waals surface area contributed by atoms with Gasteiger partial charge in [-0.1, -0.05) is 6.07 Å². The zero-order valence-electron chi connectivity index (χ0n) is 12.0. The number of rotatable bonds is 7. The first kappa shape index (κ1) is 16.9. The third kappa shape index (κ3) is 3.84. The van der Waals surface area contributed by atoms with E-state index in [0.29, 0.717) is 12.8 Å². The largest absolute Gasteiger partial charge is 0.481 e. The highest BCUT2D eigenvalue weighted by Crippen LogP contribution is 2.35. The molecule has 7 nitrogen and oxygen atoms in total. The van der Waals surface area contributed by atoms with Crippen LogP contribution in [0.15, 0.2) is 21.7 Å². The van der Waals surface area contributed by atoms with Gasteiger partial charge in [-0.15, -0.1) is 11.3 Å². The van der Waals surface area contributed by atoms with Crippen LogP contribution < -0.4 is 10.0 Å². The first-order chi connectivity index (χ1) is 10.2. The number of aliphatic carboxylic acids is 1. The van der Waals surface area contributed by atoms with E-state index in [1.54, 1.807) is 11.4 Å². The van der Waals surface area contributed by atoms with Gasteiger partial charge in [0.1, 0.15) is 4.21 Å². The lowest BCUT2D eigenvalue weighted by Crippen LogP contribution is -2.58. The number of hydrogen-bond donors (Lipinski definition) is 3. The molecule has 1 aliphatic carbocycles. The van der Waals surface area contributed by atoms with E-state index in [9.17, 15) is 18.0 Å². The number of carboxylic acids is 1. The Kier molecular flexibility index (Phi) is 4.88. The Morgan fingerprint density at radius 1 is 1.45 bits per heavy atom. The van der Waals surface area contributed by atoms with Gasteiger partial charge in [0.15, 0.2) is 0 Å². The quantitative estimate of drug-likeness (QED) is 0.680. The van der Waals surface area contributed by atoms with E-state index in [1.165, 1.54) is 13.0 Å². The number of sulfonamides is 1. The fourth-order valence-electron chi connectivity index (χ4n) is 2.37. The molecule has 122 valence electrons. The molecule has 1 unspecified atom stereocenters. The molecular formula is C13H18N2O5S2. The molecule has 1 fully saturated rings. The van der Waals surface area contributed by atoms with Gasteiger partial charge in [0.25, 0.3) is 10.0 Å². The zero-order chi connectivity index (χ0) is 16.4. The van der Waals surface area contributed by atoms with Gasteiger partial charge in [0, 0.05) is 0 Å². The lowest BCUT2D eigenvalue weighted by atomic mass is 9.74. The van der Waals surface area contributed by atoms with Crippen LogP contribution in [0.2, 0.25) is 0 Å². The van der Waals surface area contributed by atoms with Crippen LogP contribution in [-0.2, 0) is 19.6 Å². The number of carboxylic acid groups (broad SMARTS) is 1. The highest BCUT2D eigenvalue weighted by atomic mass is 32.2. The molecule has 1 amide bonds. The number of nitrogens with one attached hydrogen (secondary N) is 2. The number of carbonyl (C=O) groups excluding carboxylic acids is 1. The van der Waals surface area contributed by atoms with E-state index in [-0.39, 0.29) is 10.6 Å². The summed E-state index contributed by atoms with van der Waals surface area (Å²) in [5.74, 6) is -1.49. The number of thiophene rings is 1. The van der Waals surface area contributed by atoms with E-state index in [4.69, 9.17) is 5.11 Å². The predicted molar refractivity (Wildman–Crippen MR) is 81.1 cm³/mol. The Labute approximate surface area is 132 Å². The van der Waals surface area contributed by atoms with Crippen LogP contribution in [0, 0.1) is 0 Å². The van der Waals surface area contributed by atoms with E-state index >= 15 is 0 Å². The van der Waals surface area contributed by atoms with Crippen molar-refractivity contribution in [1.82, 2.24) is 10.0 Å². The van der Waals surface area contributed by atoms with Gasteiger partial charge in [-0.25, -0.2) is 8.42 Å². The lowest BCUT2D eigenvalue weighted by molar-refractivity contribution is -0.140. The average Bonchev–Trinajstić information content (AvgIpc) is 2.89. The summed E-state index contributed by atoms with van der Waals surface area (Å²) in [5, 5.41) is 13.2. The van der Waals surface area contributed by atoms with Crippen LogP contribution in [0.25, 0.3) is 0 Å². The topological polar surface area (TPSA) is 113 Å². The van der Waals surface area contributed by atoms with Gasteiger partial charge in [-0.05, 0) is 37.6 Å². The van der Waals surface area contributed by atoms with Crippen LogP contribution in [-0.4, -0.2) is 37.0 Å². The molecule has 1 aromatic rings. The Bertz CT molecular complexity index is 650. The standard InChI is InChI=1S/C13H18N2O5S2/c1-9(15-22(19,20)11-4-2-7-21-11)12(18)14-13(5-3-6-13)8-10(16)17/h2,4,7,9,15H,3,5-6,8H2,1H3,(H,14,18)(H,16,17). The fraction of sp³-hybridized carbons (Fsp3) is 0.538. The third-order valence-electron chi connectivity index (χ3n) is 3.67. The number of hydrogen-bond acceptors (Lipinski definition) is 5. The van der Waals surface area contributed by atoms with Crippen molar-refractivity contribution in [2.75, 3.05) is 0 Å². The summed E-state index contributed by atoms with van der Waals surface area (Å²) >= 11 is 1.06. The molecule has 1 saturated carbocycles. The normalized spacial score (nSPS) is 18.2. The molecule has 1 atom stereocenters. The molecule has 1 heterocycles. The van der Waals surface area contributed by atoms with Gasteiger partial charge in [-0.3, -0.25) is 9.59 Å². The number of carbonyl (C=O) groups is 2. The summed E-state index contributed by atoms with van der Waals surface area (Å²) in [7, 11) is -3.74. The Hall–Kier alpha value is -1.45. The molecule has 0 aromatic carbocycles. The van der Waals surface area contributed by atoms with Crippen LogP contribution >= 0.6 is 11.3 Å². The molecule has 22 heavy (non-hydrogen) atoms. The minimum atomic E-state index is -3.74. The van der Waals surface area contributed by atoms with E-state index in [0.717, 1.165) is 17.8 Å². The zero-order valence-corrected chi connectivity index (χ0v) is 13.7. The molecule has 0 aliphatic heterocycles. The van der Waals surface area contributed by atoms with Crippen molar-refractivity contribution in [3.8, 4) is 0 Å². The van der Waals surface area contributed by atoms with Crippen molar-refractivity contribution < 1.29 is 23.1 Å². The predicted octanol–water partition coefficient (Wildman–Crippen LogP) is 0.928. The maximum absolute atomic E-state index is 12.2. The smallest absolute Gasteiger partial charge is 0.305 e. The SMILES string of the molecule is CC(NS(=O)(=O)c1cccs1)C(=O)NC1(CC(=O)O)CCC1. The minimum Gasteiger partial charge on any atom is -0.481 e. The van der Waals surface area contributed by atoms with Gasteiger partial charge in [0.2, 0.25) is 5.91 Å². The van der Waals surface area contributed by atoms with E-state index in [1.807, 2.05) is 0 Å². The van der Waals surface area contributed by atoms with Gasteiger partial charge < -0.3 is 10.4 Å². The molecule has 1 aromatic heterocycles. The first-order valence-corrected chi connectivity index (χ1v) is 9.20. The number of amides is 1. The molecular weight excluding hydrogens is 328 g/mol. The van der Waals surface area contributed by atoms with Crippen molar-refractivity contribution in [3.63, 3.8) is 0 Å². The van der Waals surface area contributed by atoms with Crippen LogP contribution in [0.4, 0.5) is 0 Å². The first-order valence-electron chi connectivity index (χ1n) is 6.84. The second-order valence-corrected chi connectivity index (χ2v) is 8.36. The molecule has 3 N–H and O–H groups in total. The van der Waals surface area contributed by atoms with E-state index < -0.39 is 33.5 Å². The van der Waals surface area contributed by atoms with E-state index in [2.05, 4.69) is 10.0 Å². The highest BCUT2D eigenvalue weighted by Gasteiger charge is 2.41. The molecule has 0 bridgehead atoms. The van der Waals surface area contributed by atoms with Crippen LogP contribution in [0.1, 0.15) is 32.6 Å². The second-order valence-electron chi connectivity index (χ2n) is 5.47. The molecule has 1 aliphatic rings. The highest BCUT2D eigenvalue weighted by molar-refractivity contribution is 7.91. The molecule has 0 saturated heterocycles. The van der Waals surface area contributed by atoms with Gasteiger partial charge >= 0.3 is 5.97 Å². The molecule has 0 radical (unpaired) electrons. The minimum absolute atomic E-state index is 0.135. The van der Waals surface area contributed by atoms with Crippen molar-refractivity contribution in [1.29, 1.82) is 0 Å². The lowest BCUT2D eigenvalue weighted by Gasteiger charge is -2.42. The maximum atomic E-state index is 12.2. The van der Waals surface area contributed by atoms with Crippen LogP contribution in [0.5, 0.6) is 0 Å². The summed E-state index contributed by atoms with van der Waals surface area (Å²) in [6.45, 7) is 1.44.